The van der Waals surface area contributed by atoms with Gasteiger partial charge in [-0.25, -0.2) is 0 Å². The molecule has 1 aliphatic heterocycles. The van der Waals surface area contributed by atoms with Crippen LogP contribution in [0.15, 0.2) is 101 Å². The Balaban J connectivity index is 1.74. The lowest BCUT2D eigenvalue weighted by Gasteiger charge is -2.28. The summed E-state index contributed by atoms with van der Waals surface area (Å²) in [5, 5.41) is 0. The Bertz CT molecular complexity index is 1220. The predicted octanol–water partition coefficient (Wildman–Crippen LogP) is 7.40. The van der Waals surface area contributed by atoms with E-state index in [-0.39, 0.29) is 0 Å². The topological polar surface area (TPSA) is 12.4 Å². The lowest BCUT2D eigenvalue weighted by molar-refractivity contribution is 0.833. The van der Waals surface area contributed by atoms with Gasteiger partial charge in [-0.2, -0.15) is 0 Å². The Labute approximate surface area is 178 Å². The molecule has 0 saturated heterocycles. The van der Waals surface area contributed by atoms with Gasteiger partial charge in [-0.15, -0.1) is 5.73 Å². The normalized spacial score (nSPS) is 17.7. The van der Waals surface area contributed by atoms with Crippen molar-refractivity contribution in [3.05, 3.63) is 124 Å². The van der Waals surface area contributed by atoms with E-state index in [1.165, 1.54) is 39.1 Å². The summed E-state index contributed by atoms with van der Waals surface area (Å²) < 4.78 is 0. The average molecular weight is 388 g/mol. The third-order valence-electron chi connectivity index (χ3n) is 6.07. The van der Waals surface area contributed by atoms with E-state index < -0.39 is 0 Å². The van der Waals surface area contributed by atoms with E-state index in [1.54, 1.807) is 0 Å². The molecule has 0 saturated carbocycles. The molecule has 0 N–H and O–H groups in total. The summed E-state index contributed by atoms with van der Waals surface area (Å²) in [7, 11) is 0. The molecular formula is C29H25N. The first-order valence-electron chi connectivity index (χ1n) is 10.6. The summed E-state index contributed by atoms with van der Waals surface area (Å²) in [6.07, 6.45) is 6.23. The Kier molecular flexibility index (Phi) is 4.83. The van der Waals surface area contributed by atoms with Crippen LogP contribution in [0.5, 0.6) is 0 Å². The van der Waals surface area contributed by atoms with E-state index in [9.17, 15) is 0 Å². The quantitative estimate of drug-likeness (QED) is 0.406. The lowest BCUT2D eigenvalue weighted by atomic mass is 9.80. The maximum absolute atomic E-state index is 5.09. The van der Waals surface area contributed by atoms with E-state index in [0.717, 1.165) is 24.1 Å². The molecule has 0 spiro atoms. The van der Waals surface area contributed by atoms with Crippen LogP contribution in [0.4, 0.5) is 5.69 Å². The summed E-state index contributed by atoms with van der Waals surface area (Å²) >= 11 is 0. The molecule has 1 aliphatic carbocycles. The van der Waals surface area contributed by atoms with Crippen molar-refractivity contribution in [2.24, 2.45) is 4.99 Å². The molecule has 0 aromatic heterocycles. The Hall–Kier alpha value is -3.41. The van der Waals surface area contributed by atoms with E-state index in [0.29, 0.717) is 5.92 Å². The smallest absolute Gasteiger partial charge is 0.0708 e. The fraction of sp³-hybridized carbons (Fsp3) is 0.172. The zero-order valence-electron chi connectivity index (χ0n) is 17.5. The highest BCUT2D eigenvalue weighted by Crippen LogP contribution is 2.44. The zero-order chi connectivity index (χ0) is 20.5. The Morgan fingerprint density at radius 1 is 0.867 bits per heavy atom. The Morgan fingerprint density at radius 2 is 1.60 bits per heavy atom. The molecule has 5 rings (SSSR count). The fourth-order valence-electron chi connectivity index (χ4n) is 4.66. The summed E-state index contributed by atoms with van der Waals surface area (Å²) in [5.41, 5.74) is 14.7. The molecule has 30 heavy (non-hydrogen) atoms. The number of hydrogen-bond donors (Lipinski definition) is 0. The van der Waals surface area contributed by atoms with Crippen LogP contribution in [0, 0.1) is 0 Å². The molecule has 0 radical (unpaired) electrons. The highest BCUT2D eigenvalue weighted by Gasteiger charge is 2.26. The molecule has 146 valence electrons. The Morgan fingerprint density at radius 3 is 2.37 bits per heavy atom. The van der Waals surface area contributed by atoms with E-state index in [4.69, 9.17) is 4.99 Å². The van der Waals surface area contributed by atoms with Gasteiger partial charge in [-0.1, -0.05) is 72.8 Å². The second-order valence-corrected chi connectivity index (χ2v) is 8.20. The van der Waals surface area contributed by atoms with Gasteiger partial charge in [0.15, 0.2) is 0 Å². The van der Waals surface area contributed by atoms with E-state index in [2.05, 4.69) is 105 Å². The second kappa shape index (κ2) is 7.78. The van der Waals surface area contributed by atoms with Crippen molar-refractivity contribution >= 4 is 17.0 Å². The van der Waals surface area contributed by atoms with Crippen molar-refractivity contribution in [1.82, 2.24) is 0 Å². The summed E-state index contributed by atoms with van der Waals surface area (Å²) in [5.74, 6) is 0.361. The largest absolute Gasteiger partial charge is 0.257 e. The van der Waals surface area contributed by atoms with Crippen molar-refractivity contribution in [1.29, 1.82) is 0 Å². The molecular weight excluding hydrogens is 362 g/mol. The van der Waals surface area contributed by atoms with Gasteiger partial charge >= 0.3 is 0 Å². The van der Waals surface area contributed by atoms with Gasteiger partial charge in [-0.3, -0.25) is 4.99 Å². The van der Waals surface area contributed by atoms with Crippen molar-refractivity contribution in [3.63, 3.8) is 0 Å². The molecule has 1 atom stereocenters. The number of benzene rings is 3. The number of nitrogens with zero attached hydrogens (tertiary/aromatic N) is 1. The summed E-state index contributed by atoms with van der Waals surface area (Å²) in [6, 6.07) is 26.1. The van der Waals surface area contributed by atoms with Crippen molar-refractivity contribution in [2.75, 3.05) is 0 Å². The lowest BCUT2D eigenvalue weighted by Crippen LogP contribution is -2.13. The van der Waals surface area contributed by atoms with Gasteiger partial charge in [0, 0.05) is 18.1 Å². The highest BCUT2D eigenvalue weighted by atomic mass is 14.8. The van der Waals surface area contributed by atoms with Crippen LogP contribution in [0.2, 0.25) is 0 Å². The molecule has 1 heteroatoms. The van der Waals surface area contributed by atoms with Crippen LogP contribution >= 0.6 is 0 Å². The van der Waals surface area contributed by atoms with Gasteiger partial charge in [0.25, 0.3) is 0 Å². The third-order valence-corrected chi connectivity index (χ3v) is 6.07. The monoisotopic (exact) mass is 387 g/mol. The first-order chi connectivity index (χ1) is 14.7. The zero-order valence-corrected chi connectivity index (χ0v) is 17.5. The molecule has 0 amide bonds. The van der Waals surface area contributed by atoms with Crippen LogP contribution in [-0.4, -0.2) is 5.71 Å². The molecule has 0 fully saturated rings. The van der Waals surface area contributed by atoms with E-state index >= 15 is 0 Å². The first-order valence-corrected chi connectivity index (χ1v) is 10.6. The summed E-state index contributed by atoms with van der Waals surface area (Å²) in [4.78, 5) is 5.09. The van der Waals surface area contributed by atoms with Gasteiger partial charge < -0.3 is 0 Å². The molecule has 3 aromatic carbocycles. The summed E-state index contributed by atoms with van der Waals surface area (Å²) in [6.45, 7) is 4.28. The molecule has 1 heterocycles. The van der Waals surface area contributed by atoms with Crippen molar-refractivity contribution in [2.45, 2.75) is 32.6 Å². The van der Waals surface area contributed by atoms with Crippen LogP contribution < -0.4 is 0 Å². The standard InChI is InChI=1S/C29H25N/c1-20-10-9-15-25-24(27(18-20)22-11-5-3-6-12-22)16-17-26-28(19-21(2)30-29(25)26)23-13-7-4-8-14-23/h3-9,11-14,16-18,28H,15,19H2,1-2H3. The molecule has 0 bridgehead atoms. The maximum Gasteiger partial charge on any atom is 0.0708 e. The molecule has 1 unspecified atom stereocenters. The fourth-order valence-corrected chi connectivity index (χ4v) is 4.66. The number of aliphatic imine (C=N–C) groups is 1. The van der Waals surface area contributed by atoms with Gasteiger partial charge in [0.1, 0.15) is 0 Å². The average Bonchev–Trinajstić information content (AvgIpc) is 2.77. The molecule has 2 aliphatic rings. The number of allylic oxidation sites excluding steroid dienone is 2. The second-order valence-electron chi connectivity index (χ2n) is 8.20. The van der Waals surface area contributed by atoms with Crippen LogP contribution in [0.1, 0.15) is 54.0 Å². The van der Waals surface area contributed by atoms with Crippen LogP contribution in [-0.2, 0) is 6.42 Å². The minimum atomic E-state index is 0.361. The van der Waals surface area contributed by atoms with Gasteiger partial charge in [0.05, 0.1) is 5.69 Å². The highest BCUT2D eigenvalue weighted by molar-refractivity contribution is 5.92. The van der Waals surface area contributed by atoms with Crippen molar-refractivity contribution in [3.8, 4) is 0 Å². The first kappa shape index (κ1) is 18.6. The minimum absolute atomic E-state index is 0.361. The number of fused-ring (bicyclic) bond motifs is 3. The molecule has 3 aromatic rings. The maximum atomic E-state index is 5.09. The van der Waals surface area contributed by atoms with Crippen molar-refractivity contribution < 1.29 is 0 Å². The third kappa shape index (κ3) is 3.38. The SMILES string of the molecule is CC1=C=CCc2c(ccc3c2N=C(C)CC3c2ccccc2)C(c2ccccc2)=C1. The van der Waals surface area contributed by atoms with Crippen LogP contribution in [0.25, 0.3) is 5.57 Å². The van der Waals surface area contributed by atoms with E-state index in [1.807, 2.05) is 0 Å². The number of hydrogen-bond acceptors (Lipinski definition) is 1. The van der Waals surface area contributed by atoms with Gasteiger partial charge in [0.2, 0.25) is 0 Å². The van der Waals surface area contributed by atoms with Crippen LogP contribution in [0.3, 0.4) is 0 Å². The van der Waals surface area contributed by atoms with Gasteiger partial charge in [-0.05, 0) is 71.4 Å². The molecule has 1 nitrogen and oxygen atoms in total. The number of rotatable bonds is 2. The predicted molar refractivity (Wildman–Crippen MR) is 127 cm³/mol. The minimum Gasteiger partial charge on any atom is -0.257 e.